The van der Waals surface area contributed by atoms with Gasteiger partial charge in [-0.05, 0) is 56.9 Å². The highest BCUT2D eigenvalue weighted by Gasteiger charge is 2.29. The van der Waals surface area contributed by atoms with Crippen molar-refractivity contribution in [2.75, 3.05) is 11.9 Å². The topological polar surface area (TPSA) is 81.9 Å². The van der Waals surface area contributed by atoms with Gasteiger partial charge in [-0.3, -0.25) is 4.79 Å². The minimum Gasteiger partial charge on any atom is -0.465 e. The molecule has 1 atom stereocenters. The van der Waals surface area contributed by atoms with Crippen LogP contribution >= 0.6 is 0 Å². The van der Waals surface area contributed by atoms with Gasteiger partial charge >= 0.3 is 5.97 Å². The van der Waals surface area contributed by atoms with Crippen molar-refractivity contribution in [3.8, 4) is 5.69 Å². The van der Waals surface area contributed by atoms with Gasteiger partial charge in [0.25, 0.3) is 0 Å². The van der Waals surface area contributed by atoms with E-state index in [4.69, 9.17) is 4.74 Å². The Morgan fingerprint density at radius 3 is 2.97 bits per heavy atom. The van der Waals surface area contributed by atoms with Gasteiger partial charge in [-0.2, -0.15) is 0 Å². The highest BCUT2D eigenvalue weighted by atomic mass is 19.1. The molecule has 7 nitrogen and oxygen atoms in total. The number of nitrogens with one attached hydrogen (secondary N) is 1. The number of rotatable bonds is 5. The van der Waals surface area contributed by atoms with E-state index in [0.29, 0.717) is 36.0 Å². The lowest BCUT2D eigenvalue weighted by Gasteiger charge is -2.23. The number of imidazole rings is 1. The number of ether oxygens (including phenoxy) is 1. The summed E-state index contributed by atoms with van der Waals surface area (Å²) >= 11 is 0. The maximum atomic E-state index is 14.6. The molecule has 150 valence electrons. The first-order valence-electron chi connectivity index (χ1n) is 9.65. The summed E-state index contributed by atoms with van der Waals surface area (Å²) in [6, 6.07) is 4.80. The van der Waals surface area contributed by atoms with Gasteiger partial charge in [-0.15, -0.1) is 0 Å². The predicted octanol–water partition coefficient (Wildman–Crippen LogP) is 3.84. The number of aryl methyl sites for hydroxylation is 2. The second-order valence-electron chi connectivity index (χ2n) is 7.01. The standard InChI is InChI=1S/C21H22FN5O2/c1-3-29-20(28)16-6-4-5-14-10-23-21(26-19(14)16)25-15-7-8-18(17(22)9-15)27-11-13(2)24-12-27/h7-12,16H,3-6H2,1-2H3,(H,23,25,26). The van der Waals surface area contributed by atoms with Crippen molar-refractivity contribution in [2.45, 2.75) is 39.0 Å². The fourth-order valence-electron chi connectivity index (χ4n) is 3.56. The lowest BCUT2D eigenvalue weighted by Crippen LogP contribution is -2.23. The van der Waals surface area contributed by atoms with Crippen molar-refractivity contribution < 1.29 is 13.9 Å². The number of anilines is 2. The van der Waals surface area contributed by atoms with E-state index >= 15 is 0 Å². The zero-order valence-corrected chi connectivity index (χ0v) is 16.4. The summed E-state index contributed by atoms with van der Waals surface area (Å²) in [5, 5.41) is 3.03. The fourth-order valence-corrected chi connectivity index (χ4v) is 3.56. The van der Waals surface area contributed by atoms with Crippen molar-refractivity contribution in [1.29, 1.82) is 0 Å². The molecule has 2 heterocycles. The summed E-state index contributed by atoms with van der Waals surface area (Å²) in [6.45, 7) is 3.97. The second kappa shape index (κ2) is 7.98. The van der Waals surface area contributed by atoms with Gasteiger partial charge in [0, 0.05) is 18.1 Å². The third kappa shape index (κ3) is 3.96. The van der Waals surface area contributed by atoms with E-state index in [1.54, 1.807) is 42.3 Å². The highest BCUT2D eigenvalue weighted by molar-refractivity contribution is 5.78. The Bertz CT molecular complexity index is 1050. The van der Waals surface area contributed by atoms with Crippen LogP contribution in [0.5, 0.6) is 0 Å². The summed E-state index contributed by atoms with van der Waals surface area (Å²) in [7, 11) is 0. The molecule has 0 saturated heterocycles. The molecule has 1 aromatic carbocycles. The van der Waals surface area contributed by atoms with E-state index in [9.17, 15) is 9.18 Å². The molecule has 1 unspecified atom stereocenters. The minimum atomic E-state index is -0.394. The molecule has 4 rings (SSSR count). The molecule has 1 N–H and O–H groups in total. The molecule has 1 aliphatic carbocycles. The van der Waals surface area contributed by atoms with Crippen LogP contribution in [0.1, 0.15) is 42.6 Å². The van der Waals surface area contributed by atoms with Gasteiger partial charge in [0.2, 0.25) is 5.95 Å². The van der Waals surface area contributed by atoms with Crippen LogP contribution in [-0.2, 0) is 16.0 Å². The second-order valence-corrected chi connectivity index (χ2v) is 7.01. The third-order valence-electron chi connectivity index (χ3n) is 4.93. The lowest BCUT2D eigenvalue weighted by molar-refractivity contribution is -0.145. The van der Waals surface area contributed by atoms with E-state index in [1.807, 2.05) is 6.92 Å². The lowest BCUT2D eigenvalue weighted by atomic mass is 9.87. The average molecular weight is 395 g/mol. The Labute approximate surface area is 168 Å². The molecule has 0 spiro atoms. The van der Waals surface area contributed by atoms with Gasteiger partial charge in [-0.1, -0.05) is 0 Å². The molecular weight excluding hydrogens is 373 g/mol. The number of halogens is 1. The molecular formula is C21H22FN5O2. The average Bonchev–Trinajstić information content (AvgIpc) is 3.13. The van der Waals surface area contributed by atoms with Crippen LogP contribution in [-0.4, -0.2) is 32.1 Å². The number of hydrogen-bond donors (Lipinski definition) is 1. The number of hydrogen-bond acceptors (Lipinski definition) is 6. The van der Waals surface area contributed by atoms with E-state index in [2.05, 4.69) is 20.3 Å². The molecule has 0 aliphatic heterocycles. The van der Waals surface area contributed by atoms with Crippen LogP contribution in [0, 0.1) is 12.7 Å². The number of benzene rings is 1. The molecule has 2 aromatic heterocycles. The smallest absolute Gasteiger partial charge is 0.315 e. The van der Waals surface area contributed by atoms with Gasteiger partial charge in [0.1, 0.15) is 5.82 Å². The summed E-state index contributed by atoms with van der Waals surface area (Å²) in [6.07, 6.45) is 7.49. The van der Waals surface area contributed by atoms with Crippen molar-refractivity contribution in [3.63, 3.8) is 0 Å². The number of aromatic nitrogens is 4. The molecule has 0 radical (unpaired) electrons. The van der Waals surface area contributed by atoms with Crippen LogP contribution < -0.4 is 5.32 Å². The van der Waals surface area contributed by atoms with Gasteiger partial charge in [0.15, 0.2) is 0 Å². The monoisotopic (exact) mass is 395 g/mol. The largest absolute Gasteiger partial charge is 0.465 e. The minimum absolute atomic E-state index is 0.260. The van der Waals surface area contributed by atoms with E-state index in [1.165, 1.54) is 6.07 Å². The van der Waals surface area contributed by atoms with Crippen molar-refractivity contribution >= 4 is 17.6 Å². The van der Waals surface area contributed by atoms with Crippen molar-refractivity contribution in [1.82, 2.24) is 19.5 Å². The zero-order valence-electron chi connectivity index (χ0n) is 16.4. The molecule has 0 bridgehead atoms. The van der Waals surface area contributed by atoms with Crippen LogP contribution in [0.3, 0.4) is 0 Å². The van der Waals surface area contributed by atoms with E-state index < -0.39 is 5.82 Å². The van der Waals surface area contributed by atoms with E-state index in [0.717, 1.165) is 24.1 Å². The molecule has 3 aromatic rings. The maximum Gasteiger partial charge on any atom is 0.315 e. The zero-order chi connectivity index (χ0) is 20.4. The van der Waals surface area contributed by atoms with Gasteiger partial charge in [0.05, 0.1) is 35.9 Å². The Kier molecular flexibility index (Phi) is 5.24. The molecule has 0 amide bonds. The molecule has 0 fully saturated rings. The summed E-state index contributed by atoms with van der Waals surface area (Å²) in [4.78, 5) is 25.3. The van der Waals surface area contributed by atoms with Gasteiger partial charge < -0.3 is 14.6 Å². The van der Waals surface area contributed by atoms with Crippen molar-refractivity contribution in [3.05, 3.63) is 59.7 Å². The molecule has 29 heavy (non-hydrogen) atoms. The first kappa shape index (κ1) is 19.0. The fraction of sp³-hybridized carbons (Fsp3) is 0.333. The number of carbonyl (C=O) groups is 1. The quantitative estimate of drug-likeness (QED) is 0.661. The Morgan fingerprint density at radius 1 is 1.38 bits per heavy atom. The highest BCUT2D eigenvalue weighted by Crippen LogP contribution is 2.32. The summed E-state index contributed by atoms with van der Waals surface area (Å²) in [5.74, 6) is -0.713. The number of fused-ring (bicyclic) bond motifs is 1. The van der Waals surface area contributed by atoms with Crippen LogP contribution in [0.15, 0.2) is 36.9 Å². The number of carbonyl (C=O) groups excluding carboxylic acids is 1. The molecule has 1 aliphatic rings. The SMILES string of the molecule is CCOC(=O)C1CCCc2cnc(Nc3ccc(-n4cnc(C)c4)c(F)c3)nc21. The van der Waals surface area contributed by atoms with Crippen LogP contribution in [0.2, 0.25) is 0 Å². The molecule has 0 saturated carbocycles. The van der Waals surface area contributed by atoms with Gasteiger partial charge in [-0.25, -0.2) is 19.3 Å². The Hall–Kier alpha value is -3.29. The predicted molar refractivity (Wildman–Crippen MR) is 106 cm³/mol. The Morgan fingerprint density at radius 2 is 2.24 bits per heavy atom. The molecule has 8 heteroatoms. The first-order valence-corrected chi connectivity index (χ1v) is 9.65. The first-order chi connectivity index (χ1) is 14.0. The summed E-state index contributed by atoms with van der Waals surface area (Å²) < 4.78 is 21.4. The summed E-state index contributed by atoms with van der Waals surface area (Å²) in [5.41, 5.74) is 3.39. The van der Waals surface area contributed by atoms with Crippen LogP contribution in [0.25, 0.3) is 5.69 Å². The number of nitrogens with zero attached hydrogens (tertiary/aromatic N) is 4. The third-order valence-corrected chi connectivity index (χ3v) is 4.93. The normalized spacial score (nSPS) is 15.6. The maximum absolute atomic E-state index is 14.6. The van der Waals surface area contributed by atoms with Crippen molar-refractivity contribution in [2.24, 2.45) is 0 Å². The van der Waals surface area contributed by atoms with E-state index in [-0.39, 0.29) is 11.9 Å². The Balaban J connectivity index is 1.58. The van der Waals surface area contributed by atoms with Crippen LogP contribution in [0.4, 0.5) is 16.0 Å². The number of esters is 1.